The van der Waals surface area contributed by atoms with E-state index >= 15 is 0 Å². The molecule has 170 valence electrons. The molecule has 0 saturated carbocycles. The van der Waals surface area contributed by atoms with Crippen molar-refractivity contribution in [2.75, 3.05) is 11.2 Å². The van der Waals surface area contributed by atoms with Crippen molar-refractivity contribution < 1.29 is 17.9 Å². The van der Waals surface area contributed by atoms with Crippen molar-refractivity contribution >= 4 is 42.4 Å². The van der Waals surface area contributed by atoms with Gasteiger partial charge in [0.1, 0.15) is 5.75 Å². The molecular formula is C25H24N2O4S2. The second-order valence-electron chi connectivity index (χ2n) is 7.97. The van der Waals surface area contributed by atoms with Crippen molar-refractivity contribution in [3.8, 4) is 5.75 Å². The average Bonchev–Trinajstić information content (AvgIpc) is 3.20. The summed E-state index contributed by atoms with van der Waals surface area (Å²) in [4.78, 5) is 20.0. The number of fused-ring (bicyclic) bond motifs is 1. The molecule has 33 heavy (non-hydrogen) atoms. The van der Waals surface area contributed by atoms with Gasteiger partial charge in [-0.1, -0.05) is 41.7 Å². The van der Waals surface area contributed by atoms with Gasteiger partial charge in [-0.25, -0.2) is 13.4 Å². The molecule has 3 aromatic carbocycles. The highest BCUT2D eigenvalue weighted by atomic mass is 32.2. The fourth-order valence-electron chi connectivity index (χ4n) is 3.34. The van der Waals surface area contributed by atoms with Crippen LogP contribution < -0.4 is 9.64 Å². The summed E-state index contributed by atoms with van der Waals surface area (Å²) in [6.45, 7) is 4.23. The van der Waals surface area contributed by atoms with Gasteiger partial charge in [0.05, 0.1) is 27.8 Å². The Morgan fingerprint density at radius 3 is 2.36 bits per heavy atom. The second kappa shape index (κ2) is 9.33. The molecule has 4 aromatic rings. The van der Waals surface area contributed by atoms with Gasteiger partial charge in [-0.3, -0.25) is 9.69 Å². The third kappa shape index (κ3) is 5.40. The molecule has 8 heteroatoms. The number of anilines is 1. The summed E-state index contributed by atoms with van der Waals surface area (Å²) >= 11 is 1.29. The summed E-state index contributed by atoms with van der Waals surface area (Å²) in [5, 5.41) is 0.506. The van der Waals surface area contributed by atoms with Crippen LogP contribution in [-0.2, 0) is 16.4 Å². The van der Waals surface area contributed by atoms with Gasteiger partial charge < -0.3 is 4.74 Å². The summed E-state index contributed by atoms with van der Waals surface area (Å²) in [6.07, 6.45) is 1.22. The topological polar surface area (TPSA) is 76.6 Å². The zero-order chi connectivity index (χ0) is 23.6. The molecule has 0 unspecified atom stereocenters. The van der Waals surface area contributed by atoms with Gasteiger partial charge >= 0.3 is 0 Å². The molecule has 0 aliphatic carbocycles. The van der Waals surface area contributed by atoms with Crippen LogP contribution in [0.3, 0.4) is 0 Å². The maximum Gasteiger partial charge on any atom is 0.260 e. The van der Waals surface area contributed by atoms with Crippen molar-refractivity contribution in [1.29, 1.82) is 0 Å². The zero-order valence-electron chi connectivity index (χ0n) is 18.6. The van der Waals surface area contributed by atoms with Crippen molar-refractivity contribution in [3.63, 3.8) is 0 Å². The van der Waals surface area contributed by atoms with Crippen LogP contribution in [0.25, 0.3) is 10.2 Å². The number of hydrogen-bond donors (Lipinski definition) is 0. The van der Waals surface area contributed by atoms with E-state index in [0.29, 0.717) is 33.2 Å². The zero-order valence-corrected chi connectivity index (χ0v) is 20.2. The molecule has 0 N–H and O–H groups in total. The number of nitrogens with zero attached hydrogens (tertiary/aromatic N) is 2. The first kappa shape index (κ1) is 22.9. The Hall–Kier alpha value is -3.23. The monoisotopic (exact) mass is 480 g/mol. The SMILES string of the molecule is CC(C)Oc1ccc(C(=O)N(Cc2ccccc2)c2nc3ccc(S(C)(=O)=O)cc3s2)cc1. The van der Waals surface area contributed by atoms with Crippen LogP contribution in [0.15, 0.2) is 77.7 Å². The number of ether oxygens (including phenoxy) is 1. The molecule has 0 aliphatic heterocycles. The normalized spacial score (nSPS) is 11.6. The number of amides is 1. The van der Waals surface area contributed by atoms with Gasteiger partial charge in [-0.15, -0.1) is 0 Å². The van der Waals surface area contributed by atoms with Crippen LogP contribution in [0.5, 0.6) is 5.75 Å². The van der Waals surface area contributed by atoms with Gasteiger partial charge in [0.2, 0.25) is 0 Å². The highest BCUT2D eigenvalue weighted by Crippen LogP contribution is 2.32. The Balaban J connectivity index is 1.72. The number of carbonyl (C=O) groups excluding carboxylic acids is 1. The number of sulfone groups is 1. The van der Waals surface area contributed by atoms with Crippen LogP contribution in [0, 0.1) is 0 Å². The molecule has 0 spiro atoms. The van der Waals surface area contributed by atoms with Gasteiger partial charge in [0, 0.05) is 11.8 Å². The van der Waals surface area contributed by atoms with Crippen LogP contribution >= 0.6 is 11.3 Å². The highest BCUT2D eigenvalue weighted by Gasteiger charge is 2.22. The second-order valence-corrected chi connectivity index (χ2v) is 11.0. The number of carbonyl (C=O) groups is 1. The minimum absolute atomic E-state index is 0.0423. The molecule has 0 radical (unpaired) electrons. The predicted octanol–water partition coefficient (Wildman–Crippen LogP) is 5.33. The average molecular weight is 481 g/mol. The molecular weight excluding hydrogens is 456 g/mol. The summed E-state index contributed by atoms with van der Waals surface area (Å²) in [5.74, 6) is 0.502. The minimum atomic E-state index is -3.34. The summed E-state index contributed by atoms with van der Waals surface area (Å²) in [6, 6.07) is 21.6. The summed E-state index contributed by atoms with van der Waals surface area (Å²) < 4.78 is 30.3. The highest BCUT2D eigenvalue weighted by molar-refractivity contribution is 7.90. The van der Waals surface area contributed by atoms with Crippen LogP contribution in [-0.4, -0.2) is 31.7 Å². The predicted molar refractivity (Wildman–Crippen MR) is 132 cm³/mol. The van der Waals surface area contributed by atoms with Crippen molar-refractivity contribution in [2.24, 2.45) is 0 Å². The van der Waals surface area contributed by atoms with Crippen LogP contribution in [0.4, 0.5) is 5.13 Å². The van der Waals surface area contributed by atoms with E-state index in [9.17, 15) is 13.2 Å². The fourth-order valence-corrected chi connectivity index (χ4v) is 5.06. The van der Waals surface area contributed by atoms with E-state index in [0.717, 1.165) is 5.56 Å². The van der Waals surface area contributed by atoms with Gasteiger partial charge in [-0.05, 0) is 61.9 Å². The molecule has 4 rings (SSSR count). The molecule has 6 nitrogen and oxygen atoms in total. The summed E-state index contributed by atoms with van der Waals surface area (Å²) in [7, 11) is -3.34. The van der Waals surface area contributed by atoms with Crippen LogP contribution in [0.2, 0.25) is 0 Å². The quantitative estimate of drug-likeness (QED) is 0.357. The molecule has 0 bridgehead atoms. The van der Waals surface area contributed by atoms with Gasteiger partial charge in [0.25, 0.3) is 5.91 Å². The number of hydrogen-bond acceptors (Lipinski definition) is 6. The Kier molecular flexibility index (Phi) is 6.49. The van der Waals surface area contributed by atoms with E-state index in [1.54, 1.807) is 41.3 Å². The third-order valence-electron chi connectivity index (χ3n) is 4.91. The lowest BCUT2D eigenvalue weighted by Gasteiger charge is -2.20. The van der Waals surface area contributed by atoms with Gasteiger partial charge in [-0.2, -0.15) is 0 Å². The van der Waals surface area contributed by atoms with Crippen molar-refractivity contribution in [3.05, 3.63) is 83.9 Å². The maximum atomic E-state index is 13.5. The first-order chi connectivity index (χ1) is 15.7. The Labute approximate surface area is 197 Å². The molecule has 0 fully saturated rings. The molecule has 0 atom stereocenters. The molecule has 0 saturated heterocycles. The van der Waals surface area contributed by atoms with E-state index in [2.05, 4.69) is 4.98 Å². The lowest BCUT2D eigenvalue weighted by molar-refractivity contribution is 0.0985. The van der Waals surface area contributed by atoms with Crippen molar-refractivity contribution in [2.45, 2.75) is 31.4 Å². The standard InChI is InChI=1S/C25H24N2O4S2/c1-17(2)31-20-11-9-19(10-12-20)24(28)27(16-18-7-5-4-6-8-18)25-26-22-14-13-21(33(3,29)30)15-23(22)32-25/h4-15,17H,16H2,1-3H3. The van der Waals surface area contributed by atoms with Crippen molar-refractivity contribution in [1.82, 2.24) is 4.98 Å². The molecule has 0 aliphatic rings. The number of rotatable bonds is 7. The van der Waals surface area contributed by atoms with E-state index in [4.69, 9.17) is 4.74 Å². The molecule has 1 heterocycles. The lowest BCUT2D eigenvalue weighted by Crippen LogP contribution is -2.30. The van der Waals surface area contributed by atoms with E-state index in [-0.39, 0.29) is 16.9 Å². The lowest BCUT2D eigenvalue weighted by atomic mass is 10.1. The smallest absolute Gasteiger partial charge is 0.260 e. The molecule has 1 aromatic heterocycles. The van der Waals surface area contributed by atoms with Crippen LogP contribution in [0.1, 0.15) is 29.8 Å². The maximum absolute atomic E-state index is 13.5. The molecule has 1 amide bonds. The van der Waals surface area contributed by atoms with E-state index < -0.39 is 9.84 Å². The largest absolute Gasteiger partial charge is 0.491 e. The summed E-state index contributed by atoms with van der Waals surface area (Å²) in [5.41, 5.74) is 2.12. The number of thiazole rings is 1. The fraction of sp³-hybridized carbons (Fsp3) is 0.200. The van der Waals surface area contributed by atoms with Gasteiger partial charge in [0.15, 0.2) is 15.0 Å². The van der Waals surface area contributed by atoms with E-state index in [1.807, 2.05) is 44.2 Å². The third-order valence-corrected chi connectivity index (χ3v) is 7.06. The van der Waals surface area contributed by atoms with E-state index in [1.165, 1.54) is 23.7 Å². The number of benzene rings is 3. The first-order valence-electron chi connectivity index (χ1n) is 10.4. The first-order valence-corrected chi connectivity index (χ1v) is 13.1. The Bertz CT molecular complexity index is 1380. The minimum Gasteiger partial charge on any atom is -0.491 e. The number of aromatic nitrogens is 1. The Morgan fingerprint density at radius 1 is 1.03 bits per heavy atom. The Morgan fingerprint density at radius 2 is 1.73 bits per heavy atom.